The summed E-state index contributed by atoms with van der Waals surface area (Å²) in [4.78, 5) is 38.6. The van der Waals surface area contributed by atoms with Crippen LogP contribution in [0, 0.1) is 0 Å². The Kier molecular flexibility index (Phi) is 6.15. The lowest BCUT2D eigenvalue weighted by Crippen LogP contribution is -2.16. The van der Waals surface area contributed by atoms with E-state index in [2.05, 4.69) is 20.3 Å². The summed E-state index contributed by atoms with van der Waals surface area (Å²) >= 11 is 3.04. The first-order valence-corrected chi connectivity index (χ1v) is 11.6. The molecule has 0 aliphatic heterocycles. The van der Waals surface area contributed by atoms with Crippen LogP contribution in [0.2, 0.25) is 0 Å². The summed E-state index contributed by atoms with van der Waals surface area (Å²) in [6.07, 6.45) is 5.94. The molecule has 29 heavy (non-hydrogen) atoms. The van der Waals surface area contributed by atoms with Gasteiger partial charge in [0.15, 0.2) is 0 Å². The number of aryl methyl sites for hydroxylation is 2. The Morgan fingerprint density at radius 1 is 1.38 bits per heavy atom. The fourth-order valence-corrected chi connectivity index (χ4v) is 5.41. The second kappa shape index (κ2) is 8.96. The van der Waals surface area contributed by atoms with E-state index in [1.54, 1.807) is 29.7 Å². The van der Waals surface area contributed by atoms with Crippen LogP contribution in [0.25, 0.3) is 10.2 Å². The third-order valence-electron chi connectivity index (χ3n) is 4.67. The maximum atomic E-state index is 12.6. The molecule has 1 amide bonds. The molecule has 0 bridgehead atoms. The monoisotopic (exact) mass is 430 g/mol. The van der Waals surface area contributed by atoms with Gasteiger partial charge in [-0.3, -0.25) is 9.59 Å². The Hall–Kier alpha value is -2.39. The van der Waals surface area contributed by atoms with E-state index < -0.39 is 0 Å². The lowest BCUT2D eigenvalue weighted by molar-refractivity contribution is -0.113. The average Bonchev–Trinajstić information content (AvgIpc) is 3.08. The predicted octanol–water partition coefficient (Wildman–Crippen LogP) is 3.53. The number of aromatic amines is 1. The zero-order valence-electron chi connectivity index (χ0n) is 16.1. The largest absolute Gasteiger partial charge is 0.476 e. The molecule has 0 spiro atoms. The van der Waals surface area contributed by atoms with Crippen LogP contribution in [-0.2, 0) is 23.4 Å². The molecule has 0 fully saturated rings. The molecule has 152 valence electrons. The number of fused-ring (bicyclic) bond motifs is 3. The van der Waals surface area contributed by atoms with E-state index in [0.29, 0.717) is 29.8 Å². The Balaban J connectivity index is 1.39. The van der Waals surface area contributed by atoms with Gasteiger partial charge in [0, 0.05) is 11.1 Å². The van der Waals surface area contributed by atoms with Gasteiger partial charge >= 0.3 is 0 Å². The number of nitrogens with zero attached hydrogens (tertiary/aromatic N) is 2. The minimum atomic E-state index is -0.154. The highest BCUT2D eigenvalue weighted by Crippen LogP contribution is 2.33. The second-order valence-electron chi connectivity index (χ2n) is 6.73. The lowest BCUT2D eigenvalue weighted by Gasteiger charge is -2.10. The number of pyridine rings is 1. The zero-order valence-corrected chi connectivity index (χ0v) is 17.8. The maximum Gasteiger partial charge on any atom is 0.259 e. The van der Waals surface area contributed by atoms with Gasteiger partial charge in [-0.2, -0.15) is 0 Å². The summed E-state index contributed by atoms with van der Waals surface area (Å²) in [5, 5.41) is 3.58. The summed E-state index contributed by atoms with van der Waals surface area (Å²) in [6.45, 7) is 2.34. The number of rotatable bonds is 7. The number of anilines is 1. The van der Waals surface area contributed by atoms with Crippen molar-refractivity contribution >= 4 is 44.9 Å². The van der Waals surface area contributed by atoms with Crippen LogP contribution in [0.15, 0.2) is 23.1 Å². The highest BCUT2D eigenvalue weighted by atomic mass is 32.2. The van der Waals surface area contributed by atoms with Crippen LogP contribution in [-0.4, -0.2) is 33.2 Å². The molecular weight excluding hydrogens is 408 g/mol. The number of ether oxygens (including phenoxy) is 1. The van der Waals surface area contributed by atoms with Crippen molar-refractivity contribution < 1.29 is 9.53 Å². The summed E-state index contributed by atoms with van der Waals surface area (Å²) in [5.41, 5.74) is 1.67. The van der Waals surface area contributed by atoms with Gasteiger partial charge in [-0.25, -0.2) is 9.97 Å². The summed E-state index contributed by atoms with van der Waals surface area (Å²) in [6, 6.07) is 3.50. The highest BCUT2D eigenvalue weighted by Gasteiger charge is 2.19. The van der Waals surface area contributed by atoms with Crippen molar-refractivity contribution in [1.82, 2.24) is 15.0 Å². The minimum Gasteiger partial charge on any atom is -0.476 e. The number of carbonyl (C=O) groups excluding carboxylic acids is 1. The van der Waals surface area contributed by atoms with Crippen LogP contribution in [0.5, 0.6) is 5.88 Å². The normalized spacial score (nSPS) is 13.3. The van der Waals surface area contributed by atoms with Crippen molar-refractivity contribution in [3.05, 3.63) is 44.9 Å². The SMILES string of the molecule is CCOc1ncccc1NC(=O)CSCc1nc2sc3c(c2c(=O)[nH]1)CCCC3. The van der Waals surface area contributed by atoms with E-state index in [4.69, 9.17) is 4.74 Å². The van der Waals surface area contributed by atoms with Crippen LogP contribution in [0.3, 0.4) is 0 Å². The van der Waals surface area contributed by atoms with Gasteiger partial charge in [0.05, 0.1) is 23.5 Å². The van der Waals surface area contributed by atoms with E-state index in [1.165, 1.54) is 28.6 Å². The smallest absolute Gasteiger partial charge is 0.259 e. The first-order valence-electron chi connectivity index (χ1n) is 9.64. The summed E-state index contributed by atoms with van der Waals surface area (Å²) in [7, 11) is 0. The molecule has 1 aliphatic rings. The minimum absolute atomic E-state index is 0.0637. The fraction of sp³-hybridized carbons (Fsp3) is 0.400. The quantitative estimate of drug-likeness (QED) is 0.595. The van der Waals surface area contributed by atoms with E-state index in [-0.39, 0.29) is 17.2 Å². The zero-order chi connectivity index (χ0) is 20.2. The highest BCUT2D eigenvalue weighted by molar-refractivity contribution is 7.99. The van der Waals surface area contributed by atoms with Crippen LogP contribution >= 0.6 is 23.1 Å². The van der Waals surface area contributed by atoms with Gasteiger partial charge in [-0.1, -0.05) is 0 Å². The molecule has 0 unspecified atom stereocenters. The average molecular weight is 431 g/mol. The van der Waals surface area contributed by atoms with Crippen molar-refractivity contribution in [1.29, 1.82) is 0 Å². The molecule has 0 saturated heterocycles. The van der Waals surface area contributed by atoms with E-state index >= 15 is 0 Å². The number of thiophene rings is 1. The van der Waals surface area contributed by atoms with Crippen LogP contribution in [0.4, 0.5) is 5.69 Å². The molecular formula is C20H22N4O3S2. The molecule has 1 aliphatic carbocycles. The third kappa shape index (κ3) is 4.45. The maximum absolute atomic E-state index is 12.6. The van der Waals surface area contributed by atoms with Crippen molar-refractivity contribution in [2.24, 2.45) is 0 Å². The number of H-pyrrole nitrogens is 1. The van der Waals surface area contributed by atoms with Crippen LogP contribution < -0.4 is 15.6 Å². The summed E-state index contributed by atoms with van der Waals surface area (Å²) < 4.78 is 5.42. The van der Waals surface area contributed by atoms with Crippen molar-refractivity contribution in [3.8, 4) is 5.88 Å². The molecule has 9 heteroatoms. The first-order chi connectivity index (χ1) is 14.2. The van der Waals surface area contributed by atoms with E-state index in [9.17, 15) is 9.59 Å². The number of thioether (sulfide) groups is 1. The number of hydrogen-bond donors (Lipinski definition) is 2. The fourth-order valence-electron chi connectivity index (χ4n) is 3.44. The van der Waals surface area contributed by atoms with Gasteiger partial charge in [-0.15, -0.1) is 23.1 Å². The first kappa shape index (κ1) is 19.9. The number of hydrogen-bond acceptors (Lipinski definition) is 7. The van der Waals surface area contributed by atoms with Gasteiger partial charge in [-0.05, 0) is 50.3 Å². The molecule has 0 radical (unpaired) electrons. The molecule has 0 saturated carbocycles. The molecule has 0 aromatic carbocycles. The number of amides is 1. The Labute approximate surface area is 176 Å². The van der Waals surface area contributed by atoms with Crippen molar-refractivity contribution in [3.63, 3.8) is 0 Å². The van der Waals surface area contributed by atoms with Crippen LogP contribution in [0.1, 0.15) is 36.0 Å². The molecule has 7 nitrogen and oxygen atoms in total. The van der Waals surface area contributed by atoms with Crippen molar-refractivity contribution in [2.45, 2.75) is 38.4 Å². The number of carbonyl (C=O) groups is 1. The molecule has 3 aromatic heterocycles. The lowest BCUT2D eigenvalue weighted by atomic mass is 9.97. The molecule has 2 N–H and O–H groups in total. The number of aromatic nitrogens is 3. The Morgan fingerprint density at radius 3 is 3.10 bits per heavy atom. The van der Waals surface area contributed by atoms with Gasteiger partial charge in [0.2, 0.25) is 11.8 Å². The van der Waals surface area contributed by atoms with Crippen molar-refractivity contribution in [2.75, 3.05) is 17.7 Å². The van der Waals surface area contributed by atoms with E-state index in [1.807, 2.05) is 6.92 Å². The summed E-state index contributed by atoms with van der Waals surface area (Å²) in [5.74, 6) is 1.57. The van der Waals surface area contributed by atoms with Gasteiger partial charge in [0.1, 0.15) is 16.3 Å². The topological polar surface area (TPSA) is 97.0 Å². The Bertz CT molecular complexity index is 1090. The third-order valence-corrected chi connectivity index (χ3v) is 6.80. The van der Waals surface area contributed by atoms with Gasteiger partial charge < -0.3 is 15.0 Å². The standard InChI is InChI=1S/C20H22N4O3S2/c1-2-27-19-13(7-5-9-21-19)22-16(25)11-28-10-15-23-18(26)17-12-6-3-4-8-14(12)29-20(17)24-15/h5,7,9H,2-4,6,8,10-11H2,1H3,(H,22,25)(H,23,24,26). The molecule has 4 rings (SSSR count). The molecule has 0 atom stereocenters. The molecule has 3 heterocycles. The Morgan fingerprint density at radius 2 is 2.24 bits per heavy atom. The predicted molar refractivity (Wildman–Crippen MR) is 117 cm³/mol. The molecule has 3 aromatic rings. The number of nitrogens with one attached hydrogen (secondary N) is 2. The van der Waals surface area contributed by atoms with E-state index in [0.717, 1.165) is 29.5 Å². The van der Waals surface area contributed by atoms with Gasteiger partial charge in [0.25, 0.3) is 5.56 Å². The second-order valence-corrected chi connectivity index (χ2v) is 8.80.